The predicted molar refractivity (Wildman–Crippen MR) is 37.5 cm³/mol. The Morgan fingerprint density at radius 1 is 1.90 bits per heavy atom. The lowest BCUT2D eigenvalue weighted by Crippen LogP contribution is -2.53. The maximum Gasteiger partial charge on any atom is 0.224 e. The minimum Gasteiger partial charge on any atom is -0.392 e. The molecule has 2 atom stereocenters. The van der Waals surface area contributed by atoms with Gasteiger partial charge in [-0.05, 0) is 13.8 Å². The van der Waals surface area contributed by atoms with Gasteiger partial charge in [0.25, 0.3) is 0 Å². The molecule has 10 heavy (non-hydrogen) atoms. The Labute approximate surface area is 60.6 Å². The van der Waals surface area contributed by atoms with Crippen LogP contribution < -0.4 is 0 Å². The van der Waals surface area contributed by atoms with Crippen LogP contribution in [-0.4, -0.2) is 34.6 Å². The molecule has 0 spiro atoms. The molecule has 0 aromatic carbocycles. The van der Waals surface area contributed by atoms with Crippen LogP contribution in [0.3, 0.4) is 0 Å². The number of aliphatic hydroxyl groups is 1. The summed E-state index contributed by atoms with van der Waals surface area (Å²) in [6.45, 7) is 4.17. The first-order valence-electron chi connectivity index (χ1n) is 3.59. The summed E-state index contributed by atoms with van der Waals surface area (Å²) in [6, 6.07) is 0.335. The van der Waals surface area contributed by atoms with E-state index < -0.39 is 6.10 Å². The van der Waals surface area contributed by atoms with Gasteiger partial charge in [0, 0.05) is 19.0 Å². The third kappa shape index (κ3) is 1.29. The Morgan fingerprint density at radius 3 is 2.70 bits per heavy atom. The molecule has 0 radical (unpaired) electrons. The van der Waals surface area contributed by atoms with Crippen molar-refractivity contribution < 1.29 is 9.90 Å². The zero-order chi connectivity index (χ0) is 7.72. The Bertz CT molecular complexity index is 145. The van der Waals surface area contributed by atoms with Crippen LogP contribution in [0.2, 0.25) is 0 Å². The molecule has 3 heteroatoms. The van der Waals surface area contributed by atoms with E-state index in [4.69, 9.17) is 5.11 Å². The van der Waals surface area contributed by atoms with Crippen LogP contribution in [0.15, 0.2) is 0 Å². The lowest BCUT2D eigenvalue weighted by Gasteiger charge is -2.38. The Kier molecular flexibility index (Phi) is 1.94. The van der Waals surface area contributed by atoms with Gasteiger partial charge in [-0.25, -0.2) is 0 Å². The molecule has 0 aliphatic carbocycles. The van der Waals surface area contributed by atoms with E-state index in [1.807, 2.05) is 6.92 Å². The minimum atomic E-state index is -0.397. The molecular weight excluding hydrogens is 130 g/mol. The maximum atomic E-state index is 10.8. The van der Waals surface area contributed by atoms with Crippen molar-refractivity contribution in [1.29, 1.82) is 0 Å². The van der Waals surface area contributed by atoms with Gasteiger partial charge in [0.2, 0.25) is 5.91 Å². The van der Waals surface area contributed by atoms with Crippen LogP contribution in [0.1, 0.15) is 20.3 Å². The topological polar surface area (TPSA) is 40.5 Å². The molecule has 58 valence electrons. The zero-order valence-electron chi connectivity index (χ0n) is 6.37. The van der Waals surface area contributed by atoms with E-state index in [1.54, 1.807) is 11.8 Å². The quantitative estimate of drug-likeness (QED) is 0.552. The van der Waals surface area contributed by atoms with Crippen molar-refractivity contribution in [2.24, 2.45) is 0 Å². The number of β-lactam (4-membered cyclic amide) rings is 1. The largest absolute Gasteiger partial charge is 0.392 e. The molecule has 1 fully saturated rings. The highest BCUT2D eigenvalue weighted by molar-refractivity contribution is 5.82. The number of carbonyl (C=O) groups excluding carboxylic acids is 1. The van der Waals surface area contributed by atoms with E-state index in [-0.39, 0.29) is 5.91 Å². The molecule has 0 aromatic rings. The Hall–Kier alpha value is -0.570. The van der Waals surface area contributed by atoms with Gasteiger partial charge >= 0.3 is 0 Å². The molecule has 2 unspecified atom stereocenters. The van der Waals surface area contributed by atoms with E-state index in [0.29, 0.717) is 19.0 Å². The summed E-state index contributed by atoms with van der Waals surface area (Å²) in [7, 11) is 0. The molecule has 1 saturated heterocycles. The van der Waals surface area contributed by atoms with Gasteiger partial charge in [-0.15, -0.1) is 0 Å². The third-order valence-corrected chi connectivity index (χ3v) is 1.78. The number of carbonyl (C=O) groups is 1. The molecule has 0 saturated carbocycles. The number of likely N-dealkylation sites (tertiary alicyclic amines) is 1. The SMILES string of the molecule is CC(O)CN1C(=O)CC1C. The van der Waals surface area contributed by atoms with Crippen molar-refractivity contribution in [2.75, 3.05) is 6.54 Å². The summed E-state index contributed by atoms with van der Waals surface area (Å²) in [4.78, 5) is 12.5. The second-order valence-electron chi connectivity index (χ2n) is 2.95. The molecule has 1 amide bonds. The van der Waals surface area contributed by atoms with Gasteiger partial charge in [-0.2, -0.15) is 0 Å². The molecule has 1 N–H and O–H groups in total. The number of β-amino-alcohol motifs (C(OH)–C–C–N with tert-alkyl or cyclic N) is 1. The van der Waals surface area contributed by atoms with Crippen molar-refractivity contribution in [3.8, 4) is 0 Å². The van der Waals surface area contributed by atoms with Crippen LogP contribution in [0.25, 0.3) is 0 Å². The first-order valence-corrected chi connectivity index (χ1v) is 3.59. The molecule has 1 aliphatic heterocycles. The number of amides is 1. The monoisotopic (exact) mass is 143 g/mol. The normalized spacial score (nSPS) is 28.1. The van der Waals surface area contributed by atoms with Crippen LogP contribution >= 0.6 is 0 Å². The van der Waals surface area contributed by atoms with Crippen LogP contribution in [0, 0.1) is 0 Å². The van der Waals surface area contributed by atoms with Crippen LogP contribution in [-0.2, 0) is 4.79 Å². The van der Waals surface area contributed by atoms with Crippen molar-refractivity contribution in [1.82, 2.24) is 4.90 Å². The maximum absolute atomic E-state index is 10.8. The number of aliphatic hydroxyl groups excluding tert-OH is 1. The van der Waals surface area contributed by atoms with Gasteiger partial charge in [0.15, 0.2) is 0 Å². The molecule has 1 heterocycles. The fourth-order valence-corrected chi connectivity index (χ4v) is 1.18. The number of nitrogens with zero attached hydrogens (tertiary/aromatic N) is 1. The predicted octanol–water partition coefficient (Wildman–Crippen LogP) is -0.0120. The van der Waals surface area contributed by atoms with Crippen molar-refractivity contribution in [3.05, 3.63) is 0 Å². The van der Waals surface area contributed by atoms with Crippen LogP contribution in [0.4, 0.5) is 0 Å². The number of rotatable bonds is 2. The standard InChI is InChI=1S/C7H13NO2/c1-5-3-7(10)8(5)4-6(2)9/h5-6,9H,3-4H2,1-2H3. The van der Waals surface area contributed by atoms with E-state index in [0.717, 1.165) is 0 Å². The van der Waals surface area contributed by atoms with Gasteiger partial charge in [-0.3, -0.25) is 4.79 Å². The second-order valence-corrected chi connectivity index (χ2v) is 2.95. The van der Waals surface area contributed by atoms with E-state index in [9.17, 15) is 4.79 Å². The summed E-state index contributed by atoms with van der Waals surface area (Å²) >= 11 is 0. The first-order chi connectivity index (χ1) is 4.61. The highest BCUT2D eigenvalue weighted by atomic mass is 16.3. The van der Waals surface area contributed by atoms with Gasteiger partial charge in [-0.1, -0.05) is 0 Å². The third-order valence-electron chi connectivity index (χ3n) is 1.78. The first kappa shape index (κ1) is 7.54. The molecule has 1 rings (SSSR count). The lowest BCUT2D eigenvalue weighted by molar-refractivity contribution is -0.146. The van der Waals surface area contributed by atoms with E-state index in [2.05, 4.69) is 0 Å². The fourth-order valence-electron chi connectivity index (χ4n) is 1.18. The van der Waals surface area contributed by atoms with E-state index >= 15 is 0 Å². The van der Waals surface area contributed by atoms with Crippen LogP contribution in [0.5, 0.6) is 0 Å². The molecule has 0 aromatic heterocycles. The smallest absolute Gasteiger partial charge is 0.224 e. The molecule has 3 nitrogen and oxygen atoms in total. The van der Waals surface area contributed by atoms with Crippen molar-refractivity contribution >= 4 is 5.91 Å². The summed E-state index contributed by atoms with van der Waals surface area (Å²) in [5.74, 6) is 0.161. The fraction of sp³-hybridized carbons (Fsp3) is 0.857. The highest BCUT2D eigenvalue weighted by Gasteiger charge is 2.32. The summed E-state index contributed by atoms with van der Waals surface area (Å²) in [5.41, 5.74) is 0. The summed E-state index contributed by atoms with van der Waals surface area (Å²) in [6.07, 6.45) is 0.249. The Morgan fingerprint density at radius 2 is 2.50 bits per heavy atom. The second kappa shape index (κ2) is 2.58. The average molecular weight is 143 g/mol. The van der Waals surface area contributed by atoms with E-state index in [1.165, 1.54) is 0 Å². The zero-order valence-corrected chi connectivity index (χ0v) is 6.37. The van der Waals surface area contributed by atoms with Gasteiger partial charge in [0.05, 0.1) is 6.10 Å². The molecular formula is C7H13NO2. The highest BCUT2D eigenvalue weighted by Crippen LogP contribution is 2.17. The summed E-state index contributed by atoms with van der Waals surface area (Å²) in [5, 5.41) is 8.93. The molecule has 0 bridgehead atoms. The average Bonchev–Trinajstić information content (AvgIpc) is 1.84. The van der Waals surface area contributed by atoms with Crippen molar-refractivity contribution in [2.45, 2.75) is 32.4 Å². The summed E-state index contributed by atoms with van der Waals surface area (Å²) < 4.78 is 0. The lowest BCUT2D eigenvalue weighted by atomic mass is 10.0. The minimum absolute atomic E-state index is 0.161. The van der Waals surface area contributed by atoms with Crippen molar-refractivity contribution in [3.63, 3.8) is 0 Å². The number of hydrogen-bond acceptors (Lipinski definition) is 2. The number of hydrogen-bond donors (Lipinski definition) is 1. The van der Waals surface area contributed by atoms with Gasteiger partial charge in [0.1, 0.15) is 0 Å². The Balaban J connectivity index is 2.33. The molecule has 1 aliphatic rings. The van der Waals surface area contributed by atoms with Gasteiger partial charge < -0.3 is 10.0 Å².